The number of aryl methyl sites for hydroxylation is 3. The van der Waals surface area contributed by atoms with Crippen LogP contribution in [0.1, 0.15) is 47.8 Å². The number of ether oxygens (including phenoxy) is 1. The van der Waals surface area contributed by atoms with Crippen LogP contribution in [0.3, 0.4) is 0 Å². The van der Waals surface area contributed by atoms with Crippen LogP contribution >= 0.6 is 0 Å². The minimum absolute atomic E-state index is 0.0846. The monoisotopic (exact) mass is 442 g/mol. The molecule has 0 saturated carbocycles. The lowest BCUT2D eigenvalue weighted by Gasteiger charge is -2.16. The van der Waals surface area contributed by atoms with Crippen LogP contribution in [0.5, 0.6) is 0 Å². The molecule has 33 heavy (non-hydrogen) atoms. The summed E-state index contributed by atoms with van der Waals surface area (Å²) >= 11 is 0. The van der Waals surface area contributed by atoms with Gasteiger partial charge in [0.25, 0.3) is 17.7 Å². The second kappa shape index (κ2) is 8.70. The third-order valence-corrected chi connectivity index (χ3v) is 5.56. The SMILES string of the molecule is Cc1ccccc1N1C(=O)c2ccc(C(=O)OCC(=O)Nc3c(C)cccc3C)cc2C1=O. The normalized spacial score (nSPS) is 12.5. The molecule has 0 spiro atoms. The summed E-state index contributed by atoms with van der Waals surface area (Å²) in [4.78, 5) is 51.7. The molecule has 0 saturated heterocycles. The van der Waals surface area contributed by atoms with E-state index in [-0.39, 0.29) is 16.7 Å². The Kier molecular flexibility index (Phi) is 5.79. The predicted octanol–water partition coefficient (Wildman–Crippen LogP) is 4.21. The first kappa shape index (κ1) is 22.0. The first-order valence-corrected chi connectivity index (χ1v) is 10.4. The van der Waals surface area contributed by atoms with Crippen LogP contribution in [0.25, 0.3) is 0 Å². The van der Waals surface area contributed by atoms with Gasteiger partial charge in [-0.1, -0.05) is 36.4 Å². The van der Waals surface area contributed by atoms with E-state index in [4.69, 9.17) is 4.74 Å². The summed E-state index contributed by atoms with van der Waals surface area (Å²) in [6.45, 7) is 5.08. The van der Waals surface area contributed by atoms with E-state index in [9.17, 15) is 19.2 Å². The number of nitrogens with zero attached hydrogens (tertiary/aromatic N) is 1. The third kappa shape index (κ3) is 4.13. The van der Waals surface area contributed by atoms with Gasteiger partial charge in [-0.05, 0) is 61.7 Å². The smallest absolute Gasteiger partial charge is 0.338 e. The Morgan fingerprint density at radius 1 is 0.818 bits per heavy atom. The van der Waals surface area contributed by atoms with Gasteiger partial charge in [-0.2, -0.15) is 0 Å². The number of esters is 1. The van der Waals surface area contributed by atoms with Gasteiger partial charge in [0.15, 0.2) is 6.61 Å². The van der Waals surface area contributed by atoms with Gasteiger partial charge < -0.3 is 10.1 Å². The Hall–Kier alpha value is -4.26. The van der Waals surface area contributed by atoms with Gasteiger partial charge in [0, 0.05) is 5.69 Å². The second-order valence-corrected chi connectivity index (χ2v) is 7.88. The molecule has 1 heterocycles. The molecule has 7 nitrogen and oxygen atoms in total. The van der Waals surface area contributed by atoms with Crippen LogP contribution in [0, 0.1) is 20.8 Å². The van der Waals surface area contributed by atoms with Crippen molar-refractivity contribution in [3.63, 3.8) is 0 Å². The van der Waals surface area contributed by atoms with Crippen LogP contribution in [0.4, 0.5) is 11.4 Å². The molecule has 0 fully saturated rings. The Balaban J connectivity index is 1.47. The van der Waals surface area contributed by atoms with E-state index < -0.39 is 30.3 Å². The van der Waals surface area contributed by atoms with Gasteiger partial charge >= 0.3 is 5.97 Å². The van der Waals surface area contributed by atoms with Crippen LogP contribution in [-0.4, -0.2) is 30.3 Å². The van der Waals surface area contributed by atoms with Crippen molar-refractivity contribution in [1.29, 1.82) is 0 Å². The number of imide groups is 1. The summed E-state index contributed by atoms with van der Waals surface area (Å²) in [5.41, 5.74) is 4.17. The predicted molar refractivity (Wildman–Crippen MR) is 124 cm³/mol. The van der Waals surface area contributed by atoms with Crippen LogP contribution in [0.2, 0.25) is 0 Å². The van der Waals surface area contributed by atoms with Crippen molar-refractivity contribution in [2.75, 3.05) is 16.8 Å². The molecule has 7 heteroatoms. The van der Waals surface area contributed by atoms with Crippen molar-refractivity contribution in [3.05, 3.63) is 94.0 Å². The lowest BCUT2D eigenvalue weighted by Crippen LogP contribution is -2.29. The van der Waals surface area contributed by atoms with Crippen molar-refractivity contribution in [1.82, 2.24) is 0 Å². The number of rotatable bonds is 5. The number of benzene rings is 3. The summed E-state index contributed by atoms with van der Waals surface area (Å²) in [5, 5.41) is 2.75. The standard InChI is InChI=1S/C26H22N2O5/c1-15-7-4-5-10-21(15)28-24(30)19-12-11-18(13-20(19)25(28)31)26(32)33-14-22(29)27-23-16(2)8-6-9-17(23)3/h4-13H,14H2,1-3H3,(H,27,29). The highest BCUT2D eigenvalue weighted by atomic mass is 16.5. The van der Waals surface area contributed by atoms with Crippen LogP contribution in [0.15, 0.2) is 60.7 Å². The maximum Gasteiger partial charge on any atom is 0.338 e. The lowest BCUT2D eigenvalue weighted by molar-refractivity contribution is -0.119. The van der Waals surface area contributed by atoms with Crippen molar-refractivity contribution < 1.29 is 23.9 Å². The van der Waals surface area contributed by atoms with E-state index in [0.717, 1.165) is 21.6 Å². The van der Waals surface area contributed by atoms with Gasteiger partial charge in [0.2, 0.25) is 0 Å². The summed E-state index contributed by atoms with van der Waals surface area (Å²) in [5.74, 6) is -2.19. The first-order chi connectivity index (χ1) is 15.8. The zero-order valence-electron chi connectivity index (χ0n) is 18.5. The summed E-state index contributed by atoms with van der Waals surface area (Å²) in [7, 11) is 0. The number of hydrogen-bond donors (Lipinski definition) is 1. The number of para-hydroxylation sites is 2. The van der Waals surface area contributed by atoms with Crippen LogP contribution < -0.4 is 10.2 Å². The molecule has 3 aromatic carbocycles. The number of anilines is 2. The summed E-state index contributed by atoms with van der Waals surface area (Å²) < 4.78 is 5.13. The van der Waals surface area contributed by atoms with E-state index in [1.54, 1.807) is 12.1 Å². The van der Waals surface area contributed by atoms with Crippen molar-refractivity contribution >= 4 is 35.1 Å². The van der Waals surface area contributed by atoms with E-state index in [0.29, 0.717) is 11.4 Å². The molecule has 0 aromatic heterocycles. The van der Waals surface area contributed by atoms with Gasteiger partial charge in [-0.25, -0.2) is 9.69 Å². The number of amides is 3. The summed E-state index contributed by atoms with van der Waals surface area (Å²) in [6.07, 6.45) is 0. The number of carbonyl (C=O) groups is 4. The molecule has 4 rings (SSSR count). The maximum absolute atomic E-state index is 13.0. The van der Waals surface area contributed by atoms with E-state index in [1.165, 1.54) is 18.2 Å². The van der Waals surface area contributed by atoms with Crippen LogP contribution in [-0.2, 0) is 9.53 Å². The average Bonchev–Trinajstić information content (AvgIpc) is 3.04. The second-order valence-electron chi connectivity index (χ2n) is 7.88. The molecule has 0 atom stereocenters. The molecule has 0 aliphatic carbocycles. The van der Waals surface area contributed by atoms with E-state index in [2.05, 4.69) is 5.32 Å². The van der Waals surface area contributed by atoms with Gasteiger partial charge in [0.05, 0.1) is 22.4 Å². The molecule has 0 unspecified atom stereocenters. The van der Waals surface area contributed by atoms with Gasteiger partial charge in [-0.15, -0.1) is 0 Å². The van der Waals surface area contributed by atoms with Crippen molar-refractivity contribution in [2.45, 2.75) is 20.8 Å². The number of carbonyl (C=O) groups excluding carboxylic acids is 4. The van der Waals surface area contributed by atoms with Crippen molar-refractivity contribution in [3.8, 4) is 0 Å². The molecule has 3 amide bonds. The van der Waals surface area contributed by atoms with Gasteiger partial charge in [0.1, 0.15) is 0 Å². The highest BCUT2D eigenvalue weighted by Crippen LogP contribution is 2.31. The zero-order valence-corrected chi connectivity index (χ0v) is 18.5. The largest absolute Gasteiger partial charge is 0.452 e. The molecule has 0 bridgehead atoms. The fourth-order valence-corrected chi connectivity index (χ4v) is 3.80. The Labute approximate surface area is 191 Å². The molecular weight excluding hydrogens is 420 g/mol. The average molecular weight is 442 g/mol. The zero-order chi connectivity index (χ0) is 23.7. The number of nitrogens with one attached hydrogen (secondary N) is 1. The minimum Gasteiger partial charge on any atom is -0.452 e. The van der Waals surface area contributed by atoms with Crippen molar-refractivity contribution in [2.24, 2.45) is 0 Å². The fourth-order valence-electron chi connectivity index (χ4n) is 3.80. The Morgan fingerprint density at radius 3 is 2.15 bits per heavy atom. The minimum atomic E-state index is -0.760. The first-order valence-electron chi connectivity index (χ1n) is 10.4. The number of fused-ring (bicyclic) bond motifs is 1. The molecule has 1 N–H and O–H groups in total. The Bertz CT molecular complexity index is 1290. The number of hydrogen-bond acceptors (Lipinski definition) is 5. The molecule has 0 radical (unpaired) electrons. The quantitative estimate of drug-likeness (QED) is 0.472. The molecule has 3 aromatic rings. The topological polar surface area (TPSA) is 92.8 Å². The fraction of sp³-hybridized carbons (Fsp3) is 0.154. The lowest BCUT2D eigenvalue weighted by atomic mass is 10.1. The molecule has 166 valence electrons. The summed E-state index contributed by atoms with van der Waals surface area (Å²) in [6, 6.07) is 16.9. The molecule has 1 aliphatic heterocycles. The van der Waals surface area contributed by atoms with E-state index >= 15 is 0 Å². The molecule has 1 aliphatic rings. The molecular formula is C26H22N2O5. The Morgan fingerprint density at radius 2 is 1.45 bits per heavy atom. The highest BCUT2D eigenvalue weighted by molar-refractivity contribution is 6.35. The highest BCUT2D eigenvalue weighted by Gasteiger charge is 2.37. The van der Waals surface area contributed by atoms with E-state index in [1.807, 2.05) is 51.1 Å². The third-order valence-electron chi connectivity index (χ3n) is 5.56. The maximum atomic E-state index is 13.0. The van der Waals surface area contributed by atoms with Gasteiger partial charge in [-0.3, -0.25) is 14.4 Å².